The molecule has 0 saturated heterocycles. The minimum atomic E-state index is -0.580. The minimum absolute atomic E-state index is 0.289. The quantitative estimate of drug-likeness (QED) is 0.842. The molecule has 0 spiro atoms. The van der Waals surface area contributed by atoms with Crippen molar-refractivity contribution in [1.82, 2.24) is 4.98 Å². The fourth-order valence-electron chi connectivity index (χ4n) is 1.71. The number of nitrogens with one attached hydrogen (secondary N) is 1. The lowest BCUT2D eigenvalue weighted by Gasteiger charge is -2.09. The molecule has 2 rings (SSSR count). The van der Waals surface area contributed by atoms with Gasteiger partial charge in [-0.05, 0) is 26.0 Å². The summed E-state index contributed by atoms with van der Waals surface area (Å²) in [7, 11) is 0. The van der Waals surface area contributed by atoms with Gasteiger partial charge in [0, 0.05) is 0 Å². The van der Waals surface area contributed by atoms with E-state index in [2.05, 4.69) is 10.3 Å². The first-order valence-electron chi connectivity index (χ1n) is 6.23. The first-order chi connectivity index (χ1) is 10.4. The minimum Gasteiger partial charge on any atom is -0.451 e. The maximum Gasteiger partial charge on any atom is 0.350 e. The van der Waals surface area contributed by atoms with Crippen LogP contribution in [0.4, 0.5) is 5.69 Å². The number of aromatic nitrogens is 1. The van der Waals surface area contributed by atoms with Crippen LogP contribution in [0.5, 0.6) is 0 Å². The second-order valence-electron chi connectivity index (χ2n) is 4.37. The Bertz CT molecular complexity index is 711. The molecule has 0 aliphatic carbocycles. The van der Waals surface area contributed by atoms with Crippen molar-refractivity contribution < 1.29 is 14.3 Å². The number of ether oxygens (including phenoxy) is 1. The highest BCUT2D eigenvalue weighted by Gasteiger charge is 2.17. The Morgan fingerprint density at radius 2 is 1.91 bits per heavy atom. The SMILES string of the molecule is Cc1nc(C)c(C(=O)OCC(=O)Nc2c(Cl)cccc2Cl)s1. The molecule has 0 aliphatic rings. The fraction of sp³-hybridized carbons (Fsp3) is 0.214. The zero-order chi connectivity index (χ0) is 16.3. The lowest BCUT2D eigenvalue weighted by molar-refractivity contribution is -0.119. The van der Waals surface area contributed by atoms with Gasteiger partial charge in [-0.25, -0.2) is 9.78 Å². The predicted octanol–water partition coefficient (Wildman–Crippen LogP) is 3.86. The molecule has 2 aromatic rings. The molecule has 1 aromatic heterocycles. The van der Waals surface area contributed by atoms with Crippen LogP contribution in [-0.4, -0.2) is 23.5 Å². The van der Waals surface area contributed by atoms with E-state index in [1.807, 2.05) is 0 Å². The van der Waals surface area contributed by atoms with Gasteiger partial charge in [0.05, 0.1) is 26.4 Å². The molecule has 0 bridgehead atoms. The second kappa shape index (κ2) is 7.09. The van der Waals surface area contributed by atoms with E-state index in [0.717, 1.165) is 5.01 Å². The highest BCUT2D eigenvalue weighted by atomic mass is 35.5. The molecule has 1 heterocycles. The average Bonchev–Trinajstić information content (AvgIpc) is 2.79. The standard InChI is InChI=1S/C14H12Cl2N2O3S/c1-7-13(22-8(2)17-7)14(20)21-6-11(19)18-12-9(15)4-3-5-10(12)16/h3-5H,6H2,1-2H3,(H,18,19). The summed E-state index contributed by atoms with van der Waals surface area (Å²) in [4.78, 5) is 28.2. The van der Waals surface area contributed by atoms with Crippen molar-refractivity contribution in [2.24, 2.45) is 0 Å². The van der Waals surface area contributed by atoms with Crippen LogP contribution < -0.4 is 5.32 Å². The van der Waals surface area contributed by atoms with Crippen molar-refractivity contribution >= 4 is 52.1 Å². The van der Waals surface area contributed by atoms with E-state index in [1.54, 1.807) is 32.0 Å². The van der Waals surface area contributed by atoms with Crippen molar-refractivity contribution in [2.75, 3.05) is 11.9 Å². The molecule has 22 heavy (non-hydrogen) atoms. The second-order valence-corrected chi connectivity index (χ2v) is 6.39. The van der Waals surface area contributed by atoms with Crippen molar-refractivity contribution in [3.63, 3.8) is 0 Å². The van der Waals surface area contributed by atoms with E-state index in [4.69, 9.17) is 27.9 Å². The first-order valence-corrected chi connectivity index (χ1v) is 7.80. The summed E-state index contributed by atoms with van der Waals surface area (Å²) in [5.74, 6) is -1.11. The van der Waals surface area contributed by atoms with Crippen molar-refractivity contribution in [3.05, 3.63) is 43.8 Å². The topological polar surface area (TPSA) is 68.3 Å². The maximum absolute atomic E-state index is 11.9. The largest absolute Gasteiger partial charge is 0.451 e. The monoisotopic (exact) mass is 358 g/mol. The van der Waals surface area contributed by atoms with Gasteiger partial charge in [-0.3, -0.25) is 4.79 Å². The van der Waals surface area contributed by atoms with E-state index in [-0.39, 0.29) is 5.69 Å². The van der Waals surface area contributed by atoms with E-state index >= 15 is 0 Å². The van der Waals surface area contributed by atoms with E-state index in [9.17, 15) is 9.59 Å². The molecule has 0 saturated carbocycles. The molecule has 0 unspecified atom stereocenters. The molecule has 0 radical (unpaired) electrons. The predicted molar refractivity (Wildman–Crippen MR) is 87.0 cm³/mol. The average molecular weight is 359 g/mol. The lowest BCUT2D eigenvalue weighted by atomic mass is 10.3. The van der Waals surface area contributed by atoms with Gasteiger partial charge >= 0.3 is 5.97 Å². The molecule has 5 nitrogen and oxygen atoms in total. The normalized spacial score (nSPS) is 10.4. The summed E-state index contributed by atoms with van der Waals surface area (Å²) in [6.45, 7) is 3.07. The number of amides is 1. The van der Waals surface area contributed by atoms with E-state index in [1.165, 1.54) is 11.3 Å². The van der Waals surface area contributed by atoms with Crippen molar-refractivity contribution in [3.8, 4) is 0 Å². The van der Waals surface area contributed by atoms with Crippen molar-refractivity contribution in [2.45, 2.75) is 13.8 Å². The zero-order valence-electron chi connectivity index (χ0n) is 11.8. The van der Waals surface area contributed by atoms with Gasteiger partial charge in [0.25, 0.3) is 5.91 Å². The summed E-state index contributed by atoms with van der Waals surface area (Å²) in [5.41, 5.74) is 0.874. The molecule has 116 valence electrons. The fourth-order valence-corrected chi connectivity index (χ4v) is 3.02. The van der Waals surface area contributed by atoms with E-state index < -0.39 is 18.5 Å². The number of para-hydroxylation sites is 1. The van der Waals surface area contributed by atoms with Crippen LogP contribution in [-0.2, 0) is 9.53 Å². The summed E-state index contributed by atoms with van der Waals surface area (Å²) in [5, 5.41) is 3.89. The summed E-state index contributed by atoms with van der Waals surface area (Å²) in [6.07, 6.45) is 0. The molecule has 1 amide bonds. The Balaban J connectivity index is 1.96. The number of esters is 1. The van der Waals surface area contributed by atoms with Gasteiger partial charge in [0.2, 0.25) is 0 Å². The van der Waals surface area contributed by atoms with Gasteiger partial charge in [0.1, 0.15) is 4.88 Å². The Hall–Kier alpha value is -1.63. The Morgan fingerprint density at radius 1 is 1.27 bits per heavy atom. The third kappa shape index (κ3) is 3.97. The number of thiazole rings is 1. The van der Waals surface area contributed by atoms with Crippen molar-refractivity contribution in [1.29, 1.82) is 0 Å². The van der Waals surface area contributed by atoms with Crippen LogP contribution in [0.1, 0.15) is 20.4 Å². The third-order valence-electron chi connectivity index (χ3n) is 2.65. The number of rotatable bonds is 4. The lowest BCUT2D eigenvalue weighted by Crippen LogP contribution is -2.21. The Labute approximate surface area is 141 Å². The van der Waals surface area contributed by atoms with Crippen LogP contribution in [0.25, 0.3) is 0 Å². The maximum atomic E-state index is 11.9. The molecule has 0 fully saturated rings. The highest BCUT2D eigenvalue weighted by Crippen LogP contribution is 2.29. The van der Waals surface area contributed by atoms with Crippen LogP contribution in [0.15, 0.2) is 18.2 Å². The van der Waals surface area contributed by atoms with Crippen LogP contribution in [0.2, 0.25) is 10.0 Å². The number of aryl methyl sites for hydroxylation is 2. The van der Waals surface area contributed by atoms with Crippen LogP contribution in [0.3, 0.4) is 0 Å². The van der Waals surface area contributed by atoms with Crippen LogP contribution in [0, 0.1) is 13.8 Å². The number of halogens is 2. The number of benzene rings is 1. The highest BCUT2D eigenvalue weighted by molar-refractivity contribution is 7.13. The van der Waals surface area contributed by atoms with E-state index in [0.29, 0.717) is 20.6 Å². The van der Waals surface area contributed by atoms with Gasteiger partial charge < -0.3 is 10.1 Å². The molecule has 0 atom stereocenters. The molecule has 8 heteroatoms. The number of anilines is 1. The number of carbonyl (C=O) groups is 2. The summed E-state index contributed by atoms with van der Waals surface area (Å²) < 4.78 is 4.97. The Kier molecular flexibility index (Phi) is 5.39. The summed E-state index contributed by atoms with van der Waals surface area (Å²) >= 11 is 13.1. The molecule has 0 aliphatic heterocycles. The molecular formula is C14H12Cl2N2O3S. The number of carbonyl (C=O) groups excluding carboxylic acids is 2. The molecular weight excluding hydrogens is 347 g/mol. The third-order valence-corrected chi connectivity index (χ3v) is 4.33. The van der Waals surface area contributed by atoms with Gasteiger partial charge in [-0.2, -0.15) is 0 Å². The molecule has 1 N–H and O–H groups in total. The van der Waals surface area contributed by atoms with Crippen LogP contribution >= 0.6 is 34.5 Å². The summed E-state index contributed by atoms with van der Waals surface area (Å²) in [6, 6.07) is 4.85. The first kappa shape index (κ1) is 16.7. The van der Waals surface area contributed by atoms with Gasteiger partial charge in [-0.15, -0.1) is 11.3 Å². The Morgan fingerprint density at radius 3 is 2.45 bits per heavy atom. The van der Waals surface area contributed by atoms with Gasteiger partial charge in [-0.1, -0.05) is 29.3 Å². The number of nitrogens with zero attached hydrogens (tertiary/aromatic N) is 1. The smallest absolute Gasteiger partial charge is 0.350 e. The number of hydrogen-bond donors (Lipinski definition) is 1. The zero-order valence-corrected chi connectivity index (χ0v) is 14.1. The van der Waals surface area contributed by atoms with Gasteiger partial charge in [0.15, 0.2) is 6.61 Å². The number of hydrogen-bond acceptors (Lipinski definition) is 5. The molecule has 1 aromatic carbocycles.